The van der Waals surface area contributed by atoms with Crippen molar-refractivity contribution >= 4 is 33.2 Å². The SMILES string of the molecule is COc1ccc([C@H](C)NC(=O)[C@@H](C)N(c2cccc(Cl)c2)S(C)(=O)=O)cc1OC. The highest BCUT2D eigenvalue weighted by atomic mass is 35.5. The first kappa shape index (κ1) is 22.8. The van der Waals surface area contributed by atoms with Gasteiger partial charge in [-0.2, -0.15) is 0 Å². The minimum absolute atomic E-state index is 0.321. The van der Waals surface area contributed by atoms with Crippen molar-refractivity contribution < 1.29 is 22.7 Å². The van der Waals surface area contributed by atoms with Crippen LogP contribution >= 0.6 is 11.6 Å². The molecule has 2 rings (SSSR count). The molecule has 0 aliphatic heterocycles. The zero-order valence-corrected chi connectivity index (χ0v) is 18.5. The first-order valence-electron chi connectivity index (χ1n) is 8.85. The number of anilines is 1. The summed E-state index contributed by atoms with van der Waals surface area (Å²) in [7, 11) is -0.650. The molecule has 158 valence electrons. The van der Waals surface area contributed by atoms with E-state index in [2.05, 4.69) is 5.32 Å². The van der Waals surface area contributed by atoms with Crippen LogP contribution < -0.4 is 19.1 Å². The van der Waals surface area contributed by atoms with Crippen molar-refractivity contribution in [2.24, 2.45) is 0 Å². The zero-order valence-electron chi connectivity index (χ0n) is 17.0. The molecule has 0 radical (unpaired) electrons. The number of methoxy groups -OCH3 is 2. The van der Waals surface area contributed by atoms with E-state index in [4.69, 9.17) is 21.1 Å². The number of hydrogen-bond donors (Lipinski definition) is 1. The van der Waals surface area contributed by atoms with E-state index in [1.54, 1.807) is 44.4 Å². The lowest BCUT2D eigenvalue weighted by atomic mass is 10.1. The number of benzene rings is 2. The van der Waals surface area contributed by atoms with Crippen LogP contribution in [0.25, 0.3) is 0 Å². The molecule has 0 aliphatic carbocycles. The third kappa shape index (κ3) is 5.55. The normalized spacial score (nSPS) is 13.3. The Hall–Kier alpha value is -2.45. The van der Waals surface area contributed by atoms with Crippen molar-refractivity contribution in [3.8, 4) is 11.5 Å². The van der Waals surface area contributed by atoms with Gasteiger partial charge in [0.05, 0.1) is 32.2 Å². The third-order valence-electron chi connectivity index (χ3n) is 4.42. The van der Waals surface area contributed by atoms with E-state index in [1.165, 1.54) is 20.1 Å². The summed E-state index contributed by atoms with van der Waals surface area (Å²) in [6.45, 7) is 3.33. The lowest BCUT2D eigenvalue weighted by Crippen LogP contribution is -2.48. The Balaban J connectivity index is 2.25. The third-order valence-corrected chi connectivity index (χ3v) is 5.89. The molecular formula is C20H25ClN2O5S. The number of sulfonamides is 1. The van der Waals surface area contributed by atoms with Crippen LogP contribution in [-0.4, -0.2) is 40.8 Å². The zero-order chi connectivity index (χ0) is 21.8. The second kappa shape index (κ2) is 9.37. The smallest absolute Gasteiger partial charge is 0.244 e. The monoisotopic (exact) mass is 440 g/mol. The summed E-state index contributed by atoms with van der Waals surface area (Å²) in [5.74, 6) is 0.667. The highest BCUT2D eigenvalue weighted by Gasteiger charge is 2.30. The predicted octanol–water partition coefficient (Wildman–Crippen LogP) is 3.39. The number of carbonyl (C=O) groups excluding carboxylic acids is 1. The fourth-order valence-corrected chi connectivity index (χ4v) is 4.31. The van der Waals surface area contributed by atoms with Crippen LogP contribution in [0.2, 0.25) is 5.02 Å². The van der Waals surface area contributed by atoms with Gasteiger partial charge in [-0.15, -0.1) is 0 Å². The van der Waals surface area contributed by atoms with Gasteiger partial charge >= 0.3 is 0 Å². The Kier molecular flexibility index (Phi) is 7.37. The Bertz CT molecular complexity index is 981. The van der Waals surface area contributed by atoms with Crippen LogP contribution in [-0.2, 0) is 14.8 Å². The largest absolute Gasteiger partial charge is 0.493 e. The molecule has 0 aromatic heterocycles. The summed E-state index contributed by atoms with van der Waals surface area (Å²) in [6.07, 6.45) is 1.05. The highest BCUT2D eigenvalue weighted by molar-refractivity contribution is 7.92. The number of hydrogen-bond acceptors (Lipinski definition) is 5. The van der Waals surface area contributed by atoms with E-state index in [-0.39, 0.29) is 6.04 Å². The topological polar surface area (TPSA) is 84.9 Å². The summed E-state index contributed by atoms with van der Waals surface area (Å²) in [6, 6.07) is 10.3. The van der Waals surface area contributed by atoms with Crippen LogP contribution in [0.1, 0.15) is 25.5 Å². The van der Waals surface area contributed by atoms with Crippen LogP contribution in [0.3, 0.4) is 0 Å². The van der Waals surface area contributed by atoms with Gasteiger partial charge in [0.15, 0.2) is 11.5 Å². The standard InChI is InChI=1S/C20H25ClN2O5S/c1-13(15-9-10-18(27-3)19(11-15)28-4)22-20(24)14(2)23(29(5,25)26)17-8-6-7-16(21)12-17/h6-14H,1-5H3,(H,22,24)/t13-,14+/m0/s1. The number of nitrogens with zero attached hydrogens (tertiary/aromatic N) is 1. The lowest BCUT2D eigenvalue weighted by Gasteiger charge is -2.29. The maximum atomic E-state index is 12.8. The fraction of sp³-hybridized carbons (Fsp3) is 0.350. The second-order valence-corrected chi connectivity index (χ2v) is 8.86. The van der Waals surface area contributed by atoms with Crippen LogP contribution in [0.15, 0.2) is 42.5 Å². The fourth-order valence-electron chi connectivity index (χ4n) is 2.96. The molecule has 0 spiro atoms. The second-order valence-electron chi connectivity index (χ2n) is 6.56. The maximum Gasteiger partial charge on any atom is 0.244 e. The molecule has 29 heavy (non-hydrogen) atoms. The van der Waals surface area contributed by atoms with Crippen molar-refractivity contribution in [1.29, 1.82) is 0 Å². The van der Waals surface area contributed by atoms with E-state index in [0.29, 0.717) is 22.2 Å². The minimum atomic E-state index is -3.72. The first-order chi connectivity index (χ1) is 13.6. The number of carbonyl (C=O) groups is 1. The molecule has 9 heteroatoms. The highest BCUT2D eigenvalue weighted by Crippen LogP contribution is 2.30. The molecular weight excluding hydrogens is 416 g/mol. The molecule has 2 atom stereocenters. The van der Waals surface area contributed by atoms with Crippen LogP contribution in [0, 0.1) is 0 Å². The van der Waals surface area contributed by atoms with E-state index in [9.17, 15) is 13.2 Å². The van der Waals surface area contributed by atoms with Gasteiger partial charge in [-0.1, -0.05) is 23.7 Å². The van der Waals surface area contributed by atoms with Gasteiger partial charge < -0.3 is 14.8 Å². The predicted molar refractivity (Wildman–Crippen MR) is 114 cm³/mol. The number of halogens is 1. The Morgan fingerprint density at radius 1 is 1.07 bits per heavy atom. The summed E-state index contributed by atoms with van der Waals surface area (Å²) >= 11 is 6.00. The van der Waals surface area contributed by atoms with E-state index in [0.717, 1.165) is 16.1 Å². The van der Waals surface area contributed by atoms with E-state index in [1.807, 2.05) is 6.07 Å². The number of ether oxygens (including phenoxy) is 2. The van der Waals surface area contributed by atoms with E-state index < -0.39 is 22.0 Å². The number of rotatable bonds is 8. The molecule has 0 saturated heterocycles. The molecule has 0 bridgehead atoms. The molecule has 0 heterocycles. The molecule has 0 saturated carbocycles. The molecule has 1 amide bonds. The first-order valence-corrected chi connectivity index (χ1v) is 11.1. The summed E-state index contributed by atoms with van der Waals surface area (Å²) in [4.78, 5) is 12.8. The van der Waals surface area contributed by atoms with Gasteiger partial charge in [0.2, 0.25) is 15.9 Å². The average Bonchev–Trinajstić information content (AvgIpc) is 2.66. The Morgan fingerprint density at radius 2 is 1.72 bits per heavy atom. The average molecular weight is 441 g/mol. The van der Waals surface area contributed by atoms with Gasteiger partial charge in [-0.3, -0.25) is 9.10 Å². The van der Waals surface area contributed by atoms with Crippen molar-refractivity contribution in [3.63, 3.8) is 0 Å². The van der Waals surface area contributed by atoms with Crippen molar-refractivity contribution in [2.75, 3.05) is 24.8 Å². The van der Waals surface area contributed by atoms with Crippen molar-refractivity contribution in [2.45, 2.75) is 25.9 Å². The van der Waals surface area contributed by atoms with Gasteiger partial charge in [-0.25, -0.2) is 8.42 Å². The molecule has 1 N–H and O–H groups in total. The van der Waals surface area contributed by atoms with Crippen LogP contribution in [0.4, 0.5) is 5.69 Å². The molecule has 7 nitrogen and oxygen atoms in total. The van der Waals surface area contributed by atoms with Crippen LogP contribution in [0.5, 0.6) is 11.5 Å². The Morgan fingerprint density at radius 3 is 2.28 bits per heavy atom. The van der Waals surface area contributed by atoms with E-state index >= 15 is 0 Å². The minimum Gasteiger partial charge on any atom is -0.493 e. The molecule has 0 fully saturated rings. The van der Waals surface area contributed by atoms with Gasteiger partial charge in [0, 0.05) is 5.02 Å². The quantitative estimate of drug-likeness (QED) is 0.680. The molecule has 0 aliphatic rings. The summed E-state index contributed by atoms with van der Waals surface area (Å²) < 4.78 is 36.3. The lowest BCUT2D eigenvalue weighted by molar-refractivity contribution is -0.122. The molecule has 2 aromatic carbocycles. The van der Waals surface area contributed by atoms with Crippen molar-refractivity contribution in [1.82, 2.24) is 5.32 Å². The van der Waals surface area contributed by atoms with Crippen molar-refractivity contribution in [3.05, 3.63) is 53.1 Å². The molecule has 0 unspecified atom stereocenters. The Labute approximate surface area is 176 Å². The van der Waals surface area contributed by atoms with Gasteiger partial charge in [0.1, 0.15) is 6.04 Å². The van der Waals surface area contributed by atoms with Gasteiger partial charge in [-0.05, 0) is 49.7 Å². The maximum absolute atomic E-state index is 12.8. The summed E-state index contributed by atoms with van der Waals surface area (Å²) in [5.41, 5.74) is 1.11. The summed E-state index contributed by atoms with van der Waals surface area (Å²) in [5, 5.41) is 3.22. The number of nitrogens with one attached hydrogen (secondary N) is 1. The molecule has 2 aromatic rings. The van der Waals surface area contributed by atoms with Gasteiger partial charge in [0.25, 0.3) is 0 Å². The number of amides is 1.